The highest BCUT2D eigenvalue weighted by Crippen LogP contribution is 2.35. The minimum absolute atomic E-state index is 0.178. The van der Waals surface area contributed by atoms with E-state index >= 15 is 0 Å². The highest BCUT2D eigenvalue weighted by molar-refractivity contribution is 5.85. The van der Waals surface area contributed by atoms with Crippen molar-refractivity contribution in [3.63, 3.8) is 0 Å². The number of aromatic amines is 1. The maximum absolute atomic E-state index is 5.55. The van der Waals surface area contributed by atoms with Crippen LogP contribution in [0.1, 0.15) is 17.2 Å². The van der Waals surface area contributed by atoms with Crippen LogP contribution in [0.15, 0.2) is 48.9 Å². The van der Waals surface area contributed by atoms with E-state index in [1.54, 1.807) is 7.11 Å². The van der Waals surface area contributed by atoms with Gasteiger partial charge in [0.05, 0.1) is 26.4 Å². The Kier molecular flexibility index (Phi) is 4.19. The van der Waals surface area contributed by atoms with Gasteiger partial charge >= 0.3 is 0 Å². The van der Waals surface area contributed by atoms with E-state index in [9.17, 15) is 0 Å². The van der Waals surface area contributed by atoms with E-state index in [4.69, 9.17) is 9.47 Å². The summed E-state index contributed by atoms with van der Waals surface area (Å²) in [5, 5.41) is 1.20. The van der Waals surface area contributed by atoms with Gasteiger partial charge in [0, 0.05) is 42.6 Å². The Hall–Kier alpha value is -2.37. The van der Waals surface area contributed by atoms with Crippen molar-refractivity contribution in [2.24, 2.45) is 0 Å². The third kappa shape index (κ3) is 2.77. The van der Waals surface area contributed by atoms with Crippen molar-refractivity contribution in [1.29, 1.82) is 0 Å². The zero-order chi connectivity index (χ0) is 16.4. The number of pyridine rings is 1. The summed E-state index contributed by atoms with van der Waals surface area (Å²) < 4.78 is 11.0. The minimum Gasteiger partial charge on any atom is -0.497 e. The number of rotatable bonds is 4. The van der Waals surface area contributed by atoms with Crippen molar-refractivity contribution in [2.75, 3.05) is 33.4 Å². The average molecular weight is 323 g/mol. The van der Waals surface area contributed by atoms with Gasteiger partial charge in [0.2, 0.25) is 0 Å². The van der Waals surface area contributed by atoms with Crippen LogP contribution >= 0.6 is 0 Å². The standard InChI is InChI=1S/C19H21N3O2/c1-23-15-2-3-18-16(12-15)17(13-21-18)19(14-4-6-20-7-5-14)22-8-10-24-11-9-22/h2-7,12-13,19,21H,8-11H2,1H3. The first-order valence-electron chi connectivity index (χ1n) is 8.23. The van der Waals surface area contributed by atoms with Crippen LogP contribution in [-0.2, 0) is 4.74 Å². The quantitative estimate of drug-likeness (QED) is 0.802. The van der Waals surface area contributed by atoms with E-state index in [1.807, 2.05) is 18.5 Å². The molecule has 3 aromatic rings. The summed E-state index contributed by atoms with van der Waals surface area (Å²) in [6, 6.07) is 10.5. The van der Waals surface area contributed by atoms with Crippen LogP contribution in [0.3, 0.4) is 0 Å². The molecule has 1 atom stereocenters. The molecule has 1 saturated heterocycles. The molecule has 1 aliphatic rings. The van der Waals surface area contributed by atoms with Crippen LogP contribution < -0.4 is 4.74 Å². The van der Waals surface area contributed by atoms with Crippen molar-refractivity contribution >= 4 is 10.9 Å². The summed E-state index contributed by atoms with van der Waals surface area (Å²) >= 11 is 0. The SMILES string of the molecule is COc1ccc2[nH]cc(C(c3ccncc3)N3CCOCC3)c2c1. The lowest BCUT2D eigenvalue weighted by Gasteiger charge is -2.34. The Morgan fingerprint density at radius 2 is 1.96 bits per heavy atom. The zero-order valence-electron chi connectivity index (χ0n) is 13.7. The number of H-pyrrole nitrogens is 1. The molecule has 1 aromatic carbocycles. The van der Waals surface area contributed by atoms with Gasteiger partial charge in [-0.3, -0.25) is 9.88 Å². The highest BCUT2D eigenvalue weighted by Gasteiger charge is 2.26. The van der Waals surface area contributed by atoms with Gasteiger partial charge in [-0.25, -0.2) is 0 Å². The second-order valence-corrected chi connectivity index (χ2v) is 5.99. The van der Waals surface area contributed by atoms with E-state index in [-0.39, 0.29) is 6.04 Å². The summed E-state index contributed by atoms with van der Waals surface area (Å²) in [5.74, 6) is 0.874. The average Bonchev–Trinajstić information content (AvgIpc) is 3.07. The van der Waals surface area contributed by atoms with E-state index in [1.165, 1.54) is 16.5 Å². The first-order chi connectivity index (χ1) is 11.9. The Labute approximate surface area is 141 Å². The molecule has 0 radical (unpaired) electrons. The molecule has 24 heavy (non-hydrogen) atoms. The number of nitrogens with one attached hydrogen (secondary N) is 1. The number of ether oxygens (including phenoxy) is 2. The fourth-order valence-corrected chi connectivity index (χ4v) is 3.44. The van der Waals surface area contributed by atoms with Gasteiger partial charge < -0.3 is 14.5 Å². The normalized spacial score (nSPS) is 17.0. The summed E-state index contributed by atoms with van der Waals surface area (Å²) in [4.78, 5) is 10.0. The maximum Gasteiger partial charge on any atom is 0.119 e. The van der Waals surface area contributed by atoms with Crippen molar-refractivity contribution in [1.82, 2.24) is 14.9 Å². The third-order valence-corrected chi connectivity index (χ3v) is 4.65. The van der Waals surface area contributed by atoms with Crippen molar-refractivity contribution < 1.29 is 9.47 Å². The van der Waals surface area contributed by atoms with Crippen molar-refractivity contribution in [3.8, 4) is 5.75 Å². The molecule has 1 aliphatic heterocycles. The van der Waals surface area contributed by atoms with Gasteiger partial charge in [-0.05, 0) is 41.5 Å². The summed E-state index contributed by atoms with van der Waals surface area (Å²) in [7, 11) is 1.70. The molecule has 1 N–H and O–H groups in total. The number of aromatic nitrogens is 2. The topological polar surface area (TPSA) is 50.4 Å². The first kappa shape index (κ1) is 15.2. The van der Waals surface area contributed by atoms with E-state index in [2.05, 4.69) is 45.3 Å². The number of benzene rings is 1. The summed E-state index contributed by atoms with van der Waals surface area (Å²) in [6.07, 6.45) is 5.83. The molecule has 0 saturated carbocycles. The highest BCUT2D eigenvalue weighted by atomic mass is 16.5. The maximum atomic E-state index is 5.55. The second kappa shape index (κ2) is 6.63. The summed E-state index contributed by atoms with van der Waals surface area (Å²) in [5.41, 5.74) is 3.63. The van der Waals surface area contributed by atoms with Crippen LogP contribution in [0.4, 0.5) is 0 Å². The smallest absolute Gasteiger partial charge is 0.119 e. The fourth-order valence-electron chi connectivity index (χ4n) is 3.44. The van der Waals surface area contributed by atoms with Gasteiger partial charge in [-0.2, -0.15) is 0 Å². The molecule has 0 aliphatic carbocycles. The van der Waals surface area contributed by atoms with Gasteiger partial charge in [0.15, 0.2) is 0 Å². The molecule has 0 amide bonds. The summed E-state index contributed by atoms with van der Waals surface area (Å²) in [6.45, 7) is 3.38. The van der Waals surface area contributed by atoms with Crippen molar-refractivity contribution in [3.05, 3.63) is 60.0 Å². The Balaban J connectivity index is 1.83. The molecule has 124 valence electrons. The van der Waals surface area contributed by atoms with Crippen LogP contribution in [0, 0.1) is 0 Å². The minimum atomic E-state index is 0.178. The van der Waals surface area contributed by atoms with Crippen molar-refractivity contribution in [2.45, 2.75) is 6.04 Å². The van der Waals surface area contributed by atoms with E-state index in [0.717, 1.165) is 37.6 Å². The predicted octanol–water partition coefficient (Wildman–Crippen LogP) is 2.99. The number of methoxy groups -OCH3 is 1. The lowest BCUT2D eigenvalue weighted by molar-refractivity contribution is 0.0242. The molecular formula is C19H21N3O2. The van der Waals surface area contributed by atoms with E-state index in [0.29, 0.717) is 0 Å². The van der Waals surface area contributed by atoms with Gasteiger partial charge in [-0.1, -0.05) is 0 Å². The molecule has 3 heterocycles. The van der Waals surface area contributed by atoms with Gasteiger partial charge in [0.1, 0.15) is 5.75 Å². The Bertz CT molecular complexity index is 810. The molecule has 5 heteroatoms. The molecule has 5 nitrogen and oxygen atoms in total. The fraction of sp³-hybridized carbons (Fsp3) is 0.316. The van der Waals surface area contributed by atoms with Gasteiger partial charge in [0.25, 0.3) is 0 Å². The number of hydrogen-bond donors (Lipinski definition) is 1. The molecule has 0 spiro atoms. The van der Waals surface area contributed by atoms with Crippen LogP contribution in [0.25, 0.3) is 10.9 Å². The number of nitrogens with zero attached hydrogens (tertiary/aromatic N) is 2. The molecule has 1 unspecified atom stereocenters. The Morgan fingerprint density at radius 3 is 2.71 bits per heavy atom. The Morgan fingerprint density at radius 1 is 1.17 bits per heavy atom. The largest absolute Gasteiger partial charge is 0.497 e. The van der Waals surface area contributed by atoms with Crippen LogP contribution in [0.2, 0.25) is 0 Å². The third-order valence-electron chi connectivity index (χ3n) is 4.65. The molecule has 0 bridgehead atoms. The predicted molar refractivity (Wildman–Crippen MR) is 93.3 cm³/mol. The first-order valence-corrected chi connectivity index (χ1v) is 8.23. The molecule has 4 rings (SSSR count). The van der Waals surface area contributed by atoms with Crippen LogP contribution in [0.5, 0.6) is 5.75 Å². The number of fused-ring (bicyclic) bond motifs is 1. The lowest BCUT2D eigenvalue weighted by atomic mass is 9.97. The number of morpholine rings is 1. The molecular weight excluding hydrogens is 302 g/mol. The lowest BCUT2D eigenvalue weighted by Crippen LogP contribution is -2.39. The molecule has 1 fully saturated rings. The van der Waals surface area contributed by atoms with E-state index < -0.39 is 0 Å². The monoisotopic (exact) mass is 323 g/mol. The second-order valence-electron chi connectivity index (χ2n) is 5.99. The van der Waals surface area contributed by atoms with Gasteiger partial charge in [-0.15, -0.1) is 0 Å². The molecule has 2 aromatic heterocycles. The van der Waals surface area contributed by atoms with Crippen LogP contribution in [-0.4, -0.2) is 48.3 Å². The zero-order valence-corrected chi connectivity index (χ0v) is 13.7. The number of hydrogen-bond acceptors (Lipinski definition) is 4.